The lowest BCUT2D eigenvalue weighted by Gasteiger charge is -2.26. The number of amides is 1. The predicted molar refractivity (Wildman–Crippen MR) is 125 cm³/mol. The van der Waals surface area contributed by atoms with Crippen LogP contribution in [0, 0.1) is 6.92 Å². The van der Waals surface area contributed by atoms with Crippen LogP contribution in [0.5, 0.6) is 0 Å². The van der Waals surface area contributed by atoms with Gasteiger partial charge in [-0.2, -0.15) is 0 Å². The second-order valence-electron chi connectivity index (χ2n) is 8.63. The minimum absolute atomic E-state index is 0.0602. The first-order chi connectivity index (χ1) is 15.2. The summed E-state index contributed by atoms with van der Waals surface area (Å²) < 4.78 is 2.32. The number of aromatic nitrogens is 3. The maximum Gasteiger partial charge on any atom is 0.237 e. The second kappa shape index (κ2) is 8.87. The number of thioether (sulfide) groups is 1. The summed E-state index contributed by atoms with van der Waals surface area (Å²) in [6, 6.07) is 17.0. The van der Waals surface area contributed by atoms with Crippen molar-refractivity contribution in [3.05, 3.63) is 59.7 Å². The third kappa shape index (κ3) is 4.26. The predicted octanol–water partition coefficient (Wildman–Crippen LogP) is 5.80. The van der Waals surface area contributed by atoms with Gasteiger partial charge in [-0.15, -0.1) is 10.2 Å². The first-order valence-corrected chi connectivity index (χ1v) is 12.1. The number of hydrogen-bond donors (Lipinski definition) is 1. The van der Waals surface area contributed by atoms with E-state index in [4.69, 9.17) is 0 Å². The van der Waals surface area contributed by atoms with Crippen LogP contribution in [0.2, 0.25) is 0 Å². The van der Waals surface area contributed by atoms with Crippen LogP contribution in [0.15, 0.2) is 53.7 Å². The standard InChI is InChI=1S/C25H28N4OS/c1-17-11-13-19(14-12-17)23-27-28-25(29(23)20-8-3-2-4-9-20)31-22-16-15-18-7-5-6-10-21(18)26-24(22)30/h5-7,10-14,20,22H,2-4,8-9,15-16H2,1H3,(H,26,30). The van der Waals surface area contributed by atoms with E-state index in [1.54, 1.807) is 11.8 Å². The highest BCUT2D eigenvalue weighted by Crippen LogP contribution is 2.38. The number of carbonyl (C=O) groups is 1. The van der Waals surface area contributed by atoms with Crippen LogP contribution in [-0.2, 0) is 11.2 Å². The fraction of sp³-hybridized carbons (Fsp3) is 0.400. The minimum atomic E-state index is -0.176. The summed E-state index contributed by atoms with van der Waals surface area (Å²) in [7, 11) is 0. The number of hydrogen-bond acceptors (Lipinski definition) is 4. The molecule has 1 saturated carbocycles. The molecule has 1 aliphatic carbocycles. The molecular weight excluding hydrogens is 404 g/mol. The molecule has 2 aromatic carbocycles. The van der Waals surface area contributed by atoms with Gasteiger partial charge in [-0.3, -0.25) is 9.36 Å². The van der Waals surface area contributed by atoms with Gasteiger partial charge in [0.15, 0.2) is 11.0 Å². The fourth-order valence-corrected chi connectivity index (χ4v) is 5.75. The minimum Gasteiger partial charge on any atom is -0.325 e. The quantitative estimate of drug-likeness (QED) is 0.566. The van der Waals surface area contributed by atoms with Crippen molar-refractivity contribution in [3.63, 3.8) is 0 Å². The summed E-state index contributed by atoms with van der Waals surface area (Å²) in [4.78, 5) is 13.0. The molecule has 1 aliphatic heterocycles. The highest BCUT2D eigenvalue weighted by Gasteiger charge is 2.30. The van der Waals surface area contributed by atoms with Gasteiger partial charge < -0.3 is 5.32 Å². The molecule has 6 heteroatoms. The van der Waals surface area contributed by atoms with Gasteiger partial charge >= 0.3 is 0 Å². The first-order valence-electron chi connectivity index (χ1n) is 11.3. The van der Waals surface area contributed by atoms with Crippen molar-refractivity contribution >= 4 is 23.4 Å². The normalized spacial score (nSPS) is 19.5. The summed E-state index contributed by atoms with van der Waals surface area (Å²) in [6.07, 6.45) is 7.74. The highest BCUT2D eigenvalue weighted by atomic mass is 32.2. The molecule has 160 valence electrons. The molecule has 1 fully saturated rings. The fourth-order valence-electron chi connectivity index (χ4n) is 4.66. The molecule has 2 aliphatic rings. The topological polar surface area (TPSA) is 59.8 Å². The Bertz CT molecular complexity index is 1070. The van der Waals surface area contributed by atoms with Gasteiger partial charge in [0.05, 0.1) is 5.25 Å². The zero-order valence-electron chi connectivity index (χ0n) is 17.9. The SMILES string of the molecule is Cc1ccc(-c2nnc(SC3CCc4ccccc4NC3=O)n2C2CCCCC2)cc1. The summed E-state index contributed by atoms with van der Waals surface area (Å²) in [5.74, 6) is 0.983. The molecule has 5 nitrogen and oxygen atoms in total. The second-order valence-corrected chi connectivity index (χ2v) is 9.80. The summed E-state index contributed by atoms with van der Waals surface area (Å²) >= 11 is 1.57. The van der Waals surface area contributed by atoms with E-state index in [9.17, 15) is 4.79 Å². The van der Waals surface area contributed by atoms with Crippen LogP contribution in [0.25, 0.3) is 11.4 Å². The van der Waals surface area contributed by atoms with E-state index in [1.807, 2.05) is 18.2 Å². The highest BCUT2D eigenvalue weighted by molar-refractivity contribution is 8.00. The number of nitrogens with zero attached hydrogens (tertiary/aromatic N) is 3. The van der Waals surface area contributed by atoms with Crippen molar-refractivity contribution in [1.29, 1.82) is 0 Å². The molecule has 0 saturated heterocycles. The van der Waals surface area contributed by atoms with Crippen LogP contribution in [-0.4, -0.2) is 25.9 Å². The van der Waals surface area contributed by atoms with Crippen molar-refractivity contribution in [1.82, 2.24) is 14.8 Å². The van der Waals surface area contributed by atoms with E-state index in [0.717, 1.165) is 47.9 Å². The third-order valence-corrected chi connectivity index (χ3v) is 7.63. The summed E-state index contributed by atoms with van der Waals surface area (Å²) in [5, 5.41) is 13.0. The van der Waals surface area contributed by atoms with Crippen molar-refractivity contribution < 1.29 is 4.79 Å². The Hall–Kier alpha value is -2.60. The molecule has 1 aromatic heterocycles. The van der Waals surface area contributed by atoms with E-state index in [1.165, 1.54) is 30.4 Å². The Morgan fingerprint density at radius 2 is 1.74 bits per heavy atom. The molecule has 31 heavy (non-hydrogen) atoms. The summed E-state index contributed by atoms with van der Waals surface area (Å²) in [6.45, 7) is 2.10. The number of carbonyl (C=O) groups excluding carboxylic acids is 1. The number of para-hydroxylation sites is 1. The molecule has 3 aromatic rings. The van der Waals surface area contributed by atoms with Crippen molar-refractivity contribution in [3.8, 4) is 11.4 Å². The third-order valence-electron chi connectivity index (χ3n) is 6.41. The molecule has 0 spiro atoms. The van der Waals surface area contributed by atoms with E-state index in [-0.39, 0.29) is 11.2 Å². The van der Waals surface area contributed by atoms with E-state index < -0.39 is 0 Å². The molecule has 1 unspecified atom stereocenters. The van der Waals surface area contributed by atoms with E-state index in [2.05, 4.69) is 57.3 Å². The molecule has 2 heterocycles. The Morgan fingerprint density at radius 1 is 0.968 bits per heavy atom. The molecule has 1 amide bonds. The number of rotatable bonds is 4. The zero-order chi connectivity index (χ0) is 21.2. The lowest BCUT2D eigenvalue weighted by molar-refractivity contribution is -0.115. The van der Waals surface area contributed by atoms with E-state index >= 15 is 0 Å². The number of aryl methyl sites for hydroxylation is 2. The lowest BCUT2D eigenvalue weighted by Crippen LogP contribution is -2.24. The Labute approximate surface area is 187 Å². The molecule has 1 N–H and O–H groups in total. The monoisotopic (exact) mass is 432 g/mol. The van der Waals surface area contributed by atoms with Gasteiger partial charge in [-0.1, -0.05) is 79.1 Å². The maximum atomic E-state index is 13.0. The first kappa shape index (κ1) is 20.3. The molecule has 1 atom stereocenters. The number of nitrogens with one attached hydrogen (secondary N) is 1. The number of anilines is 1. The van der Waals surface area contributed by atoms with Gasteiger partial charge in [-0.05, 0) is 44.2 Å². The maximum absolute atomic E-state index is 13.0. The van der Waals surface area contributed by atoms with Crippen molar-refractivity contribution in [2.24, 2.45) is 0 Å². The van der Waals surface area contributed by atoms with Crippen LogP contribution in [0.4, 0.5) is 5.69 Å². The van der Waals surface area contributed by atoms with Crippen molar-refractivity contribution in [2.45, 2.75) is 68.3 Å². The van der Waals surface area contributed by atoms with Crippen molar-refractivity contribution in [2.75, 3.05) is 5.32 Å². The Morgan fingerprint density at radius 3 is 2.55 bits per heavy atom. The average Bonchev–Trinajstić information content (AvgIpc) is 3.14. The zero-order valence-corrected chi connectivity index (χ0v) is 18.7. The van der Waals surface area contributed by atoms with Gasteiger partial charge in [0.2, 0.25) is 5.91 Å². The summed E-state index contributed by atoms with van der Waals surface area (Å²) in [5.41, 5.74) is 4.46. The molecule has 0 bridgehead atoms. The molecule has 5 rings (SSSR count). The average molecular weight is 433 g/mol. The molecular formula is C25H28N4OS. The molecule has 0 radical (unpaired) electrons. The lowest BCUT2D eigenvalue weighted by atomic mass is 9.95. The number of fused-ring (bicyclic) bond motifs is 1. The van der Waals surface area contributed by atoms with Gasteiger partial charge in [-0.25, -0.2) is 0 Å². The van der Waals surface area contributed by atoms with Gasteiger partial charge in [0, 0.05) is 17.3 Å². The van der Waals surface area contributed by atoms with Crippen LogP contribution >= 0.6 is 11.8 Å². The van der Waals surface area contributed by atoms with Crippen LogP contribution in [0.1, 0.15) is 55.7 Å². The van der Waals surface area contributed by atoms with Gasteiger partial charge in [0.1, 0.15) is 0 Å². The van der Waals surface area contributed by atoms with Crippen LogP contribution in [0.3, 0.4) is 0 Å². The van der Waals surface area contributed by atoms with Crippen LogP contribution < -0.4 is 5.32 Å². The number of benzene rings is 2. The van der Waals surface area contributed by atoms with Gasteiger partial charge in [0.25, 0.3) is 0 Å². The Kier molecular flexibility index (Phi) is 5.81. The largest absolute Gasteiger partial charge is 0.325 e. The van der Waals surface area contributed by atoms with E-state index in [0.29, 0.717) is 6.04 Å². The smallest absolute Gasteiger partial charge is 0.237 e. The Balaban J connectivity index is 1.46.